The highest BCUT2D eigenvalue weighted by molar-refractivity contribution is 8.00. The first-order valence-electron chi connectivity index (χ1n) is 10.7. The zero-order chi connectivity index (χ0) is 20.9. The van der Waals surface area contributed by atoms with Gasteiger partial charge in [-0.25, -0.2) is 0 Å². The van der Waals surface area contributed by atoms with E-state index in [1.807, 2.05) is 72.2 Å². The first-order chi connectivity index (χ1) is 14.6. The topological polar surface area (TPSA) is 59.8 Å². The number of carbonyl (C=O) groups excluding carboxylic acids is 1. The molecule has 4 rings (SSSR count). The number of hydrogen-bond donors (Lipinski definition) is 1. The number of rotatable bonds is 6. The second kappa shape index (κ2) is 9.47. The van der Waals surface area contributed by atoms with Gasteiger partial charge in [-0.15, -0.1) is 10.2 Å². The zero-order valence-corrected chi connectivity index (χ0v) is 18.3. The number of para-hydroxylation sites is 1. The van der Waals surface area contributed by atoms with E-state index in [-0.39, 0.29) is 17.2 Å². The fourth-order valence-electron chi connectivity index (χ4n) is 3.97. The predicted octanol–water partition coefficient (Wildman–Crippen LogP) is 5.11. The highest BCUT2D eigenvalue weighted by atomic mass is 32.2. The molecule has 1 aromatic heterocycles. The lowest BCUT2D eigenvalue weighted by atomic mass is 9.86. The average molecular weight is 421 g/mol. The van der Waals surface area contributed by atoms with Crippen molar-refractivity contribution in [2.75, 3.05) is 0 Å². The Hall–Kier alpha value is -2.60. The summed E-state index contributed by atoms with van der Waals surface area (Å²) in [6.07, 6.45) is 4.72. The molecule has 0 saturated heterocycles. The molecule has 0 unspecified atom stereocenters. The van der Waals surface area contributed by atoms with Crippen molar-refractivity contribution in [3.8, 4) is 17.1 Å². The van der Waals surface area contributed by atoms with Crippen molar-refractivity contribution in [1.82, 2.24) is 20.1 Å². The lowest BCUT2D eigenvalue weighted by Crippen LogP contribution is -2.44. The second-order valence-electron chi connectivity index (χ2n) is 7.98. The quantitative estimate of drug-likeness (QED) is 0.563. The predicted molar refractivity (Wildman–Crippen MR) is 122 cm³/mol. The van der Waals surface area contributed by atoms with E-state index in [1.165, 1.54) is 31.0 Å². The zero-order valence-electron chi connectivity index (χ0n) is 17.5. The molecule has 0 spiro atoms. The summed E-state index contributed by atoms with van der Waals surface area (Å²) in [5, 5.41) is 12.6. The lowest BCUT2D eigenvalue weighted by Gasteiger charge is -2.30. The van der Waals surface area contributed by atoms with Crippen molar-refractivity contribution in [1.29, 1.82) is 0 Å². The molecule has 156 valence electrons. The van der Waals surface area contributed by atoms with Crippen molar-refractivity contribution in [2.24, 2.45) is 5.92 Å². The molecule has 1 saturated carbocycles. The van der Waals surface area contributed by atoms with Crippen LogP contribution in [-0.4, -0.2) is 32.0 Å². The van der Waals surface area contributed by atoms with Gasteiger partial charge in [-0.2, -0.15) is 0 Å². The molecule has 0 radical (unpaired) electrons. The largest absolute Gasteiger partial charge is 0.352 e. The number of benzene rings is 2. The van der Waals surface area contributed by atoms with Crippen molar-refractivity contribution >= 4 is 17.7 Å². The normalized spacial score (nSPS) is 19.9. The summed E-state index contributed by atoms with van der Waals surface area (Å²) in [6.45, 7) is 4.18. The van der Waals surface area contributed by atoms with E-state index in [0.29, 0.717) is 5.92 Å². The van der Waals surface area contributed by atoms with Crippen LogP contribution in [0.2, 0.25) is 0 Å². The van der Waals surface area contributed by atoms with Gasteiger partial charge in [-0.3, -0.25) is 9.36 Å². The third-order valence-corrected chi connectivity index (χ3v) is 6.81. The SMILES string of the molecule is C[C@@H]1CCCC[C@@H]1NC(=O)[C@@H](C)Sc1nnc(-c2ccccc2)n1-c1ccccc1. The van der Waals surface area contributed by atoms with Crippen molar-refractivity contribution in [2.45, 2.75) is 56.0 Å². The van der Waals surface area contributed by atoms with E-state index in [0.717, 1.165) is 28.7 Å². The van der Waals surface area contributed by atoms with Gasteiger partial charge < -0.3 is 5.32 Å². The van der Waals surface area contributed by atoms with E-state index in [1.54, 1.807) is 0 Å². The lowest BCUT2D eigenvalue weighted by molar-refractivity contribution is -0.121. The van der Waals surface area contributed by atoms with Gasteiger partial charge in [0.1, 0.15) is 0 Å². The molecule has 1 aliphatic carbocycles. The van der Waals surface area contributed by atoms with Crippen LogP contribution < -0.4 is 5.32 Å². The summed E-state index contributed by atoms with van der Waals surface area (Å²) >= 11 is 1.46. The smallest absolute Gasteiger partial charge is 0.233 e. The van der Waals surface area contributed by atoms with Crippen LogP contribution in [0.4, 0.5) is 0 Å². The van der Waals surface area contributed by atoms with Crippen LogP contribution in [0.15, 0.2) is 65.8 Å². The highest BCUT2D eigenvalue weighted by Crippen LogP contribution is 2.30. The fraction of sp³-hybridized carbons (Fsp3) is 0.375. The van der Waals surface area contributed by atoms with E-state index in [9.17, 15) is 4.79 Å². The van der Waals surface area contributed by atoms with E-state index < -0.39 is 0 Å². The van der Waals surface area contributed by atoms with Gasteiger partial charge in [-0.1, -0.05) is 80.1 Å². The van der Waals surface area contributed by atoms with Gasteiger partial charge in [0.05, 0.1) is 5.25 Å². The monoisotopic (exact) mass is 420 g/mol. The number of thioether (sulfide) groups is 1. The van der Waals surface area contributed by atoms with Crippen molar-refractivity contribution in [3.63, 3.8) is 0 Å². The van der Waals surface area contributed by atoms with Crippen molar-refractivity contribution in [3.05, 3.63) is 60.7 Å². The Morgan fingerprint density at radius 3 is 2.40 bits per heavy atom. The second-order valence-corrected chi connectivity index (χ2v) is 9.29. The fourth-order valence-corrected chi connectivity index (χ4v) is 4.85. The molecule has 1 fully saturated rings. The molecule has 0 bridgehead atoms. The number of nitrogens with zero attached hydrogens (tertiary/aromatic N) is 3. The van der Waals surface area contributed by atoms with Gasteiger partial charge in [0.15, 0.2) is 11.0 Å². The maximum absolute atomic E-state index is 12.9. The van der Waals surface area contributed by atoms with Crippen LogP contribution in [0, 0.1) is 5.92 Å². The summed E-state index contributed by atoms with van der Waals surface area (Å²) in [7, 11) is 0. The number of aromatic nitrogens is 3. The molecule has 1 aliphatic rings. The molecule has 1 N–H and O–H groups in total. The first-order valence-corrected chi connectivity index (χ1v) is 11.5. The Balaban J connectivity index is 1.58. The molecule has 1 amide bonds. The number of amides is 1. The van der Waals surface area contributed by atoms with Gasteiger partial charge in [-0.05, 0) is 37.8 Å². The highest BCUT2D eigenvalue weighted by Gasteiger charge is 2.27. The number of nitrogens with one attached hydrogen (secondary N) is 1. The van der Waals surface area contributed by atoms with Gasteiger partial charge >= 0.3 is 0 Å². The molecule has 5 nitrogen and oxygen atoms in total. The van der Waals surface area contributed by atoms with Gasteiger partial charge in [0, 0.05) is 17.3 Å². The molecule has 30 heavy (non-hydrogen) atoms. The van der Waals surface area contributed by atoms with Crippen LogP contribution in [0.25, 0.3) is 17.1 Å². The summed E-state index contributed by atoms with van der Waals surface area (Å²) in [4.78, 5) is 12.9. The maximum atomic E-state index is 12.9. The summed E-state index contributed by atoms with van der Waals surface area (Å²) in [6, 6.07) is 20.4. The van der Waals surface area contributed by atoms with E-state index >= 15 is 0 Å². The Kier molecular flexibility index (Phi) is 6.53. The minimum Gasteiger partial charge on any atom is -0.352 e. The molecule has 3 aromatic rings. The summed E-state index contributed by atoms with van der Waals surface area (Å²) in [5.41, 5.74) is 1.98. The Labute approximate surface area is 182 Å². The van der Waals surface area contributed by atoms with E-state index in [2.05, 4.69) is 22.4 Å². The van der Waals surface area contributed by atoms with Crippen LogP contribution in [0.1, 0.15) is 39.5 Å². The van der Waals surface area contributed by atoms with Crippen molar-refractivity contribution < 1.29 is 4.79 Å². The molecular formula is C24H28N4OS. The van der Waals surface area contributed by atoms with E-state index in [4.69, 9.17) is 0 Å². The number of hydrogen-bond acceptors (Lipinski definition) is 4. The van der Waals surface area contributed by atoms with Crippen LogP contribution >= 0.6 is 11.8 Å². The average Bonchev–Trinajstić information content (AvgIpc) is 3.20. The summed E-state index contributed by atoms with van der Waals surface area (Å²) in [5.74, 6) is 1.39. The molecule has 2 aromatic carbocycles. The minimum atomic E-state index is -0.255. The molecule has 6 heteroatoms. The third-order valence-electron chi connectivity index (χ3n) is 5.77. The standard InChI is InChI=1S/C24H28N4OS/c1-17-11-9-10-16-21(17)25-23(29)18(2)30-24-27-26-22(19-12-5-3-6-13-19)28(24)20-14-7-4-8-15-20/h3-8,12-15,17-18,21H,9-11,16H2,1-2H3,(H,25,29)/t17-,18-,21+/m1/s1. The van der Waals surface area contributed by atoms with Crippen LogP contribution in [-0.2, 0) is 4.79 Å². The Morgan fingerprint density at radius 2 is 1.70 bits per heavy atom. The van der Waals surface area contributed by atoms with Crippen LogP contribution in [0.5, 0.6) is 0 Å². The maximum Gasteiger partial charge on any atom is 0.233 e. The van der Waals surface area contributed by atoms with Gasteiger partial charge in [0.25, 0.3) is 0 Å². The Morgan fingerprint density at radius 1 is 1.03 bits per heavy atom. The molecule has 0 aliphatic heterocycles. The van der Waals surface area contributed by atoms with Crippen LogP contribution in [0.3, 0.4) is 0 Å². The first kappa shape index (κ1) is 20.7. The molecule has 3 atom stereocenters. The molecular weight excluding hydrogens is 392 g/mol. The van der Waals surface area contributed by atoms with Gasteiger partial charge in [0.2, 0.25) is 5.91 Å². The summed E-state index contributed by atoms with van der Waals surface area (Å²) < 4.78 is 2.03. The third kappa shape index (κ3) is 4.59. The molecule has 1 heterocycles. The Bertz CT molecular complexity index is 973. The minimum absolute atomic E-state index is 0.0719. The number of carbonyl (C=O) groups is 1.